The number of aryl methyl sites for hydroxylation is 1. The zero-order valence-electron chi connectivity index (χ0n) is 15.0. The molecule has 1 heterocycles. The van der Waals surface area contributed by atoms with Crippen molar-refractivity contribution in [1.82, 2.24) is 15.5 Å². The molecule has 0 spiro atoms. The maximum absolute atomic E-state index is 13.5. The number of benzene rings is 2. The SMILES string of the molecule is O=C(CCCc1cccc(Br)c1)NC(CF)c1ccc(-c2noc(=O)[nH]2)cc1. The summed E-state index contributed by atoms with van der Waals surface area (Å²) >= 11 is 3.42. The second-order valence-electron chi connectivity index (χ2n) is 6.32. The van der Waals surface area contributed by atoms with E-state index in [1.807, 2.05) is 24.3 Å². The van der Waals surface area contributed by atoms with Gasteiger partial charge in [0.15, 0.2) is 5.82 Å². The lowest BCUT2D eigenvalue weighted by Crippen LogP contribution is -2.29. The Morgan fingerprint density at radius 2 is 2.04 bits per heavy atom. The third kappa shape index (κ3) is 5.39. The molecule has 0 aliphatic rings. The Bertz CT molecular complexity index is 985. The molecule has 146 valence electrons. The number of nitrogens with zero attached hydrogens (tertiary/aromatic N) is 1. The first-order valence-electron chi connectivity index (χ1n) is 8.81. The van der Waals surface area contributed by atoms with Gasteiger partial charge in [0.25, 0.3) is 0 Å². The molecule has 1 unspecified atom stereocenters. The Labute approximate surface area is 169 Å². The van der Waals surface area contributed by atoms with Crippen molar-refractivity contribution in [2.75, 3.05) is 6.67 Å². The summed E-state index contributed by atoms with van der Waals surface area (Å²) in [4.78, 5) is 25.6. The molecule has 0 aliphatic heterocycles. The van der Waals surface area contributed by atoms with Gasteiger partial charge in [0.1, 0.15) is 6.67 Å². The summed E-state index contributed by atoms with van der Waals surface area (Å²) in [5, 5.41) is 6.33. The maximum Gasteiger partial charge on any atom is 0.439 e. The molecule has 0 bridgehead atoms. The molecule has 1 amide bonds. The van der Waals surface area contributed by atoms with Gasteiger partial charge >= 0.3 is 5.76 Å². The van der Waals surface area contributed by atoms with Crippen LogP contribution in [0.2, 0.25) is 0 Å². The molecule has 6 nitrogen and oxygen atoms in total. The predicted octanol–water partition coefficient (Wildman–Crippen LogP) is 3.94. The van der Waals surface area contributed by atoms with Crippen LogP contribution < -0.4 is 11.1 Å². The Morgan fingerprint density at radius 3 is 2.68 bits per heavy atom. The highest BCUT2D eigenvalue weighted by Gasteiger charge is 2.15. The number of rotatable bonds is 8. The highest BCUT2D eigenvalue weighted by Crippen LogP contribution is 2.20. The molecule has 1 aromatic heterocycles. The predicted molar refractivity (Wildman–Crippen MR) is 106 cm³/mol. The highest BCUT2D eigenvalue weighted by molar-refractivity contribution is 9.10. The number of H-pyrrole nitrogens is 1. The second kappa shape index (κ2) is 9.45. The van der Waals surface area contributed by atoms with Crippen LogP contribution in [0.5, 0.6) is 0 Å². The minimum absolute atomic E-state index is 0.192. The van der Waals surface area contributed by atoms with Gasteiger partial charge in [0, 0.05) is 16.5 Å². The lowest BCUT2D eigenvalue weighted by atomic mass is 10.0. The Hall–Kier alpha value is -2.74. The van der Waals surface area contributed by atoms with Crippen LogP contribution in [0, 0.1) is 0 Å². The van der Waals surface area contributed by atoms with Gasteiger partial charge in [-0.2, -0.15) is 0 Å². The molecule has 2 aromatic carbocycles. The third-order valence-electron chi connectivity index (χ3n) is 4.27. The number of hydrogen-bond acceptors (Lipinski definition) is 4. The molecule has 3 rings (SSSR count). The van der Waals surface area contributed by atoms with Crippen LogP contribution >= 0.6 is 15.9 Å². The average Bonchev–Trinajstić information content (AvgIpc) is 3.13. The normalized spacial score (nSPS) is 11.9. The van der Waals surface area contributed by atoms with Gasteiger partial charge in [0.2, 0.25) is 5.91 Å². The Balaban J connectivity index is 1.54. The molecular formula is C20H19BrFN3O3. The monoisotopic (exact) mass is 447 g/mol. The van der Waals surface area contributed by atoms with E-state index in [2.05, 4.69) is 35.9 Å². The fourth-order valence-corrected chi connectivity index (χ4v) is 3.30. The lowest BCUT2D eigenvalue weighted by Gasteiger charge is -2.16. The summed E-state index contributed by atoms with van der Waals surface area (Å²) in [7, 11) is 0. The molecule has 0 saturated carbocycles. The molecular weight excluding hydrogens is 429 g/mol. The number of aromatic amines is 1. The van der Waals surface area contributed by atoms with Crippen molar-refractivity contribution in [3.8, 4) is 11.4 Å². The van der Waals surface area contributed by atoms with E-state index in [9.17, 15) is 14.0 Å². The van der Waals surface area contributed by atoms with E-state index < -0.39 is 18.5 Å². The third-order valence-corrected chi connectivity index (χ3v) is 4.77. The van der Waals surface area contributed by atoms with E-state index in [1.165, 1.54) is 0 Å². The molecule has 0 fully saturated rings. The van der Waals surface area contributed by atoms with Crippen LogP contribution in [0.3, 0.4) is 0 Å². The number of alkyl halides is 1. The first-order chi connectivity index (χ1) is 13.5. The van der Waals surface area contributed by atoms with E-state index in [4.69, 9.17) is 0 Å². The first-order valence-corrected chi connectivity index (χ1v) is 9.60. The van der Waals surface area contributed by atoms with E-state index >= 15 is 0 Å². The van der Waals surface area contributed by atoms with Gasteiger partial charge in [-0.25, -0.2) is 9.18 Å². The quantitative estimate of drug-likeness (QED) is 0.547. The number of nitrogens with one attached hydrogen (secondary N) is 2. The number of carbonyl (C=O) groups is 1. The largest absolute Gasteiger partial charge is 0.439 e. The first kappa shape index (κ1) is 20.0. The molecule has 0 aliphatic carbocycles. The minimum Gasteiger partial charge on any atom is -0.347 e. The number of halogens is 2. The number of carbonyl (C=O) groups excluding carboxylic acids is 1. The van der Waals surface area contributed by atoms with Crippen molar-refractivity contribution >= 4 is 21.8 Å². The van der Waals surface area contributed by atoms with Gasteiger partial charge in [-0.05, 0) is 36.1 Å². The standard InChI is InChI=1S/C20H19BrFN3O3/c21-16-5-1-3-13(11-16)4-2-6-18(26)23-17(12-22)14-7-9-15(10-8-14)19-24-20(27)28-25-19/h1,3,5,7-11,17H,2,4,6,12H2,(H,23,26)(H,24,25,27). The lowest BCUT2D eigenvalue weighted by molar-refractivity contribution is -0.122. The van der Waals surface area contributed by atoms with Gasteiger partial charge in [0.05, 0.1) is 6.04 Å². The van der Waals surface area contributed by atoms with E-state index in [-0.39, 0.29) is 5.91 Å². The van der Waals surface area contributed by atoms with Crippen molar-refractivity contribution in [2.24, 2.45) is 0 Å². The van der Waals surface area contributed by atoms with Gasteiger partial charge in [-0.1, -0.05) is 57.5 Å². The van der Waals surface area contributed by atoms with Crippen LogP contribution in [0.1, 0.15) is 30.0 Å². The number of amides is 1. The van der Waals surface area contributed by atoms with Crippen molar-refractivity contribution in [3.63, 3.8) is 0 Å². The van der Waals surface area contributed by atoms with Crippen LogP contribution in [-0.2, 0) is 11.2 Å². The minimum atomic E-state index is -0.719. The maximum atomic E-state index is 13.5. The Morgan fingerprint density at radius 1 is 1.25 bits per heavy atom. The van der Waals surface area contributed by atoms with E-state index in [0.717, 1.165) is 16.5 Å². The summed E-state index contributed by atoms with van der Waals surface area (Å²) in [6.07, 6.45) is 1.78. The van der Waals surface area contributed by atoms with Crippen molar-refractivity contribution in [3.05, 3.63) is 74.7 Å². The van der Waals surface area contributed by atoms with Crippen molar-refractivity contribution in [1.29, 1.82) is 0 Å². The molecule has 0 saturated heterocycles. The second-order valence-corrected chi connectivity index (χ2v) is 7.24. The fraction of sp³-hybridized carbons (Fsp3) is 0.250. The zero-order valence-corrected chi connectivity index (χ0v) is 16.5. The molecule has 8 heteroatoms. The van der Waals surface area contributed by atoms with E-state index in [1.54, 1.807) is 24.3 Å². The van der Waals surface area contributed by atoms with Crippen LogP contribution in [0.15, 0.2) is 62.3 Å². The number of hydrogen-bond donors (Lipinski definition) is 2. The smallest absolute Gasteiger partial charge is 0.347 e. The molecule has 3 aromatic rings. The van der Waals surface area contributed by atoms with E-state index in [0.29, 0.717) is 29.8 Å². The average molecular weight is 448 g/mol. The van der Waals surface area contributed by atoms with Gasteiger partial charge in [-0.15, -0.1) is 0 Å². The summed E-state index contributed by atoms with van der Waals surface area (Å²) in [6.45, 7) is -0.711. The molecule has 1 atom stereocenters. The van der Waals surface area contributed by atoms with Crippen LogP contribution in [0.4, 0.5) is 4.39 Å². The van der Waals surface area contributed by atoms with Gasteiger partial charge in [-0.3, -0.25) is 14.3 Å². The van der Waals surface area contributed by atoms with Crippen LogP contribution in [0.25, 0.3) is 11.4 Å². The van der Waals surface area contributed by atoms with Crippen molar-refractivity contribution < 1.29 is 13.7 Å². The molecule has 0 radical (unpaired) electrons. The van der Waals surface area contributed by atoms with Gasteiger partial charge < -0.3 is 5.32 Å². The molecule has 2 N–H and O–H groups in total. The fourth-order valence-electron chi connectivity index (χ4n) is 2.85. The topological polar surface area (TPSA) is 88.0 Å². The number of aromatic nitrogens is 2. The molecule has 28 heavy (non-hydrogen) atoms. The summed E-state index contributed by atoms with van der Waals surface area (Å²) in [6, 6.07) is 14.0. The van der Waals surface area contributed by atoms with Crippen LogP contribution in [-0.4, -0.2) is 22.7 Å². The summed E-state index contributed by atoms with van der Waals surface area (Å²) < 4.78 is 18.9. The summed E-state index contributed by atoms with van der Waals surface area (Å²) in [5.41, 5.74) is 2.41. The zero-order chi connectivity index (χ0) is 19.9. The highest BCUT2D eigenvalue weighted by atomic mass is 79.9. The summed E-state index contributed by atoms with van der Waals surface area (Å²) in [5.74, 6) is -0.539. The van der Waals surface area contributed by atoms with Crippen molar-refractivity contribution in [2.45, 2.75) is 25.3 Å². The Kier molecular flexibility index (Phi) is 6.76.